The second-order valence-corrected chi connectivity index (χ2v) is 10.5. The van der Waals surface area contributed by atoms with Gasteiger partial charge in [-0.2, -0.15) is 0 Å². The first-order chi connectivity index (χ1) is 18.1. The van der Waals surface area contributed by atoms with E-state index in [1.807, 2.05) is 24.3 Å². The van der Waals surface area contributed by atoms with Gasteiger partial charge in [-0.3, -0.25) is 15.0 Å². The third-order valence-corrected chi connectivity index (χ3v) is 5.93. The summed E-state index contributed by atoms with van der Waals surface area (Å²) in [5, 5.41) is 9.57. The van der Waals surface area contributed by atoms with Crippen molar-refractivity contribution in [1.82, 2.24) is 10.9 Å². The standard InChI is InChI=1S/C28H36ClN3O6/c1-27(2,3)38-24(34)13-15-28(26(35)32-30-16-14-20-5-9-22(29)10-6-20)19-37-25(31-28)21-7-11-23(12-8-21)36-18-4-17-33/h5-12,30,33H,4,13-19H2,1-3H3,(H,32,35)/t28-/m0/s1. The van der Waals surface area contributed by atoms with Crippen molar-refractivity contribution in [2.24, 2.45) is 4.99 Å². The third-order valence-electron chi connectivity index (χ3n) is 5.67. The largest absolute Gasteiger partial charge is 0.494 e. The maximum atomic E-state index is 13.3. The Morgan fingerprint density at radius 2 is 1.84 bits per heavy atom. The van der Waals surface area contributed by atoms with Gasteiger partial charge in [-0.25, -0.2) is 10.4 Å². The van der Waals surface area contributed by atoms with E-state index in [-0.39, 0.29) is 26.1 Å². The normalized spacial score (nSPS) is 16.9. The van der Waals surface area contributed by atoms with Crippen LogP contribution in [0.5, 0.6) is 5.75 Å². The maximum Gasteiger partial charge on any atom is 0.306 e. The average Bonchev–Trinajstić information content (AvgIpc) is 3.32. The predicted molar refractivity (Wildman–Crippen MR) is 145 cm³/mol. The van der Waals surface area contributed by atoms with Gasteiger partial charge >= 0.3 is 5.97 Å². The second-order valence-electron chi connectivity index (χ2n) is 10.0. The fraction of sp³-hybridized carbons (Fsp3) is 0.464. The van der Waals surface area contributed by atoms with Crippen LogP contribution in [-0.2, 0) is 25.5 Å². The molecule has 3 N–H and O–H groups in total. The van der Waals surface area contributed by atoms with Crippen LogP contribution in [0.15, 0.2) is 53.5 Å². The van der Waals surface area contributed by atoms with Crippen LogP contribution < -0.4 is 15.6 Å². The van der Waals surface area contributed by atoms with Crippen molar-refractivity contribution in [3.8, 4) is 5.75 Å². The number of ether oxygens (including phenoxy) is 3. The lowest BCUT2D eigenvalue weighted by atomic mass is 9.94. The van der Waals surface area contributed by atoms with Crippen LogP contribution in [0, 0.1) is 0 Å². The molecule has 1 aliphatic heterocycles. The molecule has 206 valence electrons. The van der Waals surface area contributed by atoms with Crippen LogP contribution in [0.25, 0.3) is 0 Å². The van der Waals surface area contributed by atoms with Crippen molar-refractivity contribution < 1.29 is 28.9 Å². The number of carbonyl (C=O) groups is 2. The van der Waals surface area contributed by atoms with Gasteiger partial charge in [-0.15, -0.1) is 0 Å². The fourth-order valence-electron chi connectivity index (χ4n) is 3.72. The van der Waals surface area contributed by atoms with E-state index in [2.05, 4.69) is 15.8 Å². The molecule has 38 heavy (non-hydrogen) atoms. The Hall–Kier alpha value is -3.14. The number of aliphatic hydroxyl groups excluding tert-OH is 1. The number of amides is 1. The van der Waals surface area contributed by atoms with Gasteiger partial charge in [0.05, 0.1) is 6.61 Å². The van der Waals surface area contributed by atoms with Crippen molar-refractivity contribution in [2.45, 2.75) is 57.6 Å². The fourth-order valence-corrected chi connectivity index (χ4v) is 3.85. The number of aliphatic imine (C=N–C) groups is 1. The van der Waals surface area contributed by atoms with Crippen molar-refractivity contribution in [3.63, 3.8) is 0 Å². The number of halogens is 1. The summed E-state index contributed by atoms with van der Waals surface area (Å²) in [6.45, 7) is 6.34. The molecule has 3 rings (SSSR count). The number of benzene rings is 2. The summed E-state index contributed by atoms with van der Waals surface area (Å²) in [7, 11) is 0. The topological polar surface area (TPSA) is 118 Å². The zero-order valence-corrected chi connectivity index (χ0v) is 22.8. The van der Waals surface area contributed by atoms with Crippen LogP contribution in [0.4, 0.5) is 0 Å². The summed E-state index contributed by atoms with van der Waals surface area (Å²) in [6.07, 6.45) is 1.35. The first-order valence-corrected chi connectivity index (χ1v) is 13.0. The molecule has 0 saturated heterocycles. The summed E-state index contributed by atoms with van der Waals surface area (Å²) >= 11 is 5.93. The van der Waals surface area contributed by atoms with Gasteiger partial charge in [0.2, 0.25) is 5.90 Å². The maximum absolute atomic E-state index is 13.3. The summed E-state index contributed by atoms with van der Waals surface area (Å²) in [5.41, 5.74) is 5.52. The summed E-state index contributed by atoms with van der Waals surface area (Å²) in [5.74, 6) is 0.163. The molecule has 0 saturated carbocycles. The van der Waals surface area contributed by atoms with E-state index < -0.39 is 23.0 Å². The Bertz CT molecular complexity index is 1100. The highest BCUT2D eigenvalue weighted by molar-refractivity contribution is 6.30. The van der Waals surface area contributed by atoms with E-state index >= 15 is 0 Å². The van der Waals surface area contributed by atoms with Crippen molar-refractivity contribution >= 4 is 29.4 Å². The highest BCUT2D eigenvalue weighted by Crippen LogP contribution is 2.28. The number of hydrogen-bond donors (Lipinski definition) is 3. The molecule has 10 heteroatoms. The number of nitrogens with one attached hydrogen (secondary N) is 2. The summed E-state index contributed by atoms with van der Waals surface area (Å²) in [6, 6.07) is 14.6. The molecule has 0 radical (unpaired) electrons. The molecular formula is C28H36ClN3O6. The molecule has 2 aromatic carbocycles. The molecule has 1 aliphatic rings. The van der Waals surface area contributed by atoms with Gasteiger partial charge in [0.1, 0.15) is 18.0 Å². The minimum Gasteiger partial charge on any atom is -0.494 e. The van der Waals surface area contributed by atoms with Gasteiger partial charge in [0.15, 0.2) is 5.54 Å². The van der Waals surface area contributed by atoms with E-state index in [1.54, 1.807) is 45.0 Å². The predicted octanol–water partition coefficient (Wildman–Crippen LogP) is 3.60. The molecule has 1 amide bonds. The van der Waals surface area contributed by atoms with Crippen LogP contribution in [0.1, 0.15) is 51.2 Å². The molecule has 0 spiro atoms. The molecular weight excluding hydrogens is 510 g/mol. The van der Waals surface area contributed by atoms with Gasteiger partial charge in [-0.1, -0.05) is 23.7 Å². The number of hydrazine groups is 1. The lowest BCUT2D eigenvalue weighted by molar-refractivity contribution is -0.155. The molecule has 0 fully saturated rings. The van der Waals surface area contributed by atoms with E-state index in [0.717, 1.165) is 5.56 Å². The second kappa shape index (κ2) is 13.6. The van der Waals surface area contributed by atoms with E-state index in [0.29, 0.717) is 48.2 Å². The zero-order valence-electron chi connectivity index (χ0n) is 22.1. The van der Waals surface area contributed by atoms with Crippen LogP contribution in [-0.4, -0.2) is 60.4 Å². The first-order valence-electron chi connectivity index (χ1n) is 12.7. The van der Waals surface area contributed by atoms with Gasteiger partial charge < -0.3 is 19.3 Å². The highest BCUT2D eigenvalue weighted by Gasteiger charge is 2.45. The number of carbonyl (C=O) groups excluding carboxylic acids is 2. The Kier molecular flexibility index (Phi) is 10.5. The third kappa shape index (κ3) is 9.01. The van der Waals surface area contributed by atoms with Gasteiger partial charge in [-0.05, 0) is 75.6 Å². The van der Waals surface area contributed by atoms with Crippen molar-refractivity contribution in [3.05, 3.63) is 64.7 Å². The average molecular weight is 546 g/mol. The molecule has 9 nitrogen and oxygen atoms in total. The number of nitrogens with zero attached hydrogens (tertiary/aromatic N) is 1. The van der Waals surface area contributed by atoms with Gasteiger partial charge in [0, 0.05) is 36.6 Å². The summed E-state index contributed by atoms with van der Waals surface area (Å²) in [4.78, 5) is 30.4. The Morgan fingerprint density at radius 1 is 1.13 bits per heavy atom. The smallest absolute Gasteiger partial charge is 0.306 e. The summed E-state index contributed by atoms with van der Waals surface area (Å²) < 4.78 is 16.9. The first kappa shape index (κ1) is 29.4. The number of rotatable bonds is 13. The van der Waals surface area contributed by atoms with E-state index in [4.69, 9.17) is 30.9 Å². The molecule has 0 aromatic heterocycles. The lowest BCUT2D eigenvalue weighted by Crippen LogP contribution is -2.52. The minimum absolute atomic E-state index is 0.00718. The van der Waals surface area contributed by atoms with E-state index in [9.17, 15) is 9.59 Å². The molecule has 0 unspecified atom stereocenters. The van der Waals surface area contributed by atoms with Crippen LogP contribution in [0.3, 0.4) is 0 Å². The number of hydrogen-bond acceptors (Lipinski definition) is 8. The lowest BCUT2D eigenvalue weighted by Gasteiger charge is -2.24. The van der Waals surface area contributed by atoms with E-state index in [1.165, 1.54) is 0 Å². The monoisotopic (exact) mass is 545 g/mol. The quantitative estimate of drug-likeness (QED) is 0.200. The SMILES string of the molecule is CC(C)(C)OC(=O)CC[C@@]1(C(=O)NNCCc2ccc(Cl)cc2)COC(c2ccc(OCCCO)cc2)=N1. The highest BCUT2D eigenvalue weighted by atomic mass is 35.5. The molecule has 0 aliphatic carbocycles. The Morgan fingerprint density at radius 3 is 2.50 bits per heavy atom. The Labute approximate surface area is 228 Å². The van der Waals surface area contributed by atoms with Crippen LogP contribution in [0.2, 0.25) is 5.02 Å². The molecule has 0 bridgehead atoms. The Balaban J connectivity index is 1.68. The van der Waals surface area contributed by atoms with Crippen molar-refractivity contribution in [1.29, 1.82) is 0 Å². The van der Waals surface area contributed by atoms with Crippen molar-refractivity contribution in [2.75, 3.05) is 26.4 Å². The van der Waals surface area contributed by atoms with Gasteiger partial charge in [0.25, 0.3) is 5.91 Å². The number of aliphatic hydroxyl groups is 1. The zero-order chi connectivity index (χ0) is 27.6. The molecule has 2 aromatic rings. The molecule has 1 heterocycles. The number of esters is 1. The van der Waals surface area contributed by atoms with Crippen LogP contribution >= 0.6 is 11.6 Å². The molecule has 1 atom stereocenters. The minimum atomic E-state index is -1.30.